The molecule has 17 heavy (non-hydrogen) atoms. The average Bonchev–Trinajstić information content (AvgIpc) is 2.17. The van der Waals surface area contributed by atoms with Gasteiger partial charge in [0, 0.05) is 0 Å². The van der Waals surface area contributed by atoms with Crippen LogP contribution in [-0.4, -0.2) is 0 Å². The van der Waals surface area contributed by atoms with Gasteiger partial charge in [-0.2, -0.15) is 0 Å². The first-order valence-electron chi connectivity index (χ1n) is 6.57. The normalized spacial score (nSPS) is 12.6. The smallest absolute Gasteiger partial charge is 0.0200 e. The molecule has 0 unspecified atom stereocenters. The number of hydrogen-bond acceptors (Lipinski definition) is 0. The van der Waals surface area contributed by atoms with Crippen LogP contribution in [0.3, 0.4) is 0 Å². The van der Waals surface area contributed by atoms with Crippen molar-refractivity contribution in [1.29, 1.82) is 0 Å². The van der Waals surface area contributed by atoms with Crippen molar-refractivity contribution in [3.05, 3.63) is 41.0 Å². The topological polar surface area (TPSA) is 0 Å². The van der Waals surface area contributed by atoms with Crippen molar-refractivity contribution in [2.24, 2.45) is 11.3 Å². The second-order valence-electron chi connectivity index (χ2n) is 6.48. The van der Waals surface area contributed by atoms with Gasteiger partial charge in [0.15, 0.2) is 0 Å². The third-order valence-electron chi connectivity index (χ3n) is 2.77. The van der Waals surface area contributed by atoms with E-state index in [2.05, 4.69) is 71.9 Å². The second-order valence-corrected chi connectivity index (χ2v) is 6.48. The SMILES string of the molecule is Cc1cc(/C=C/C(C)(C)C)ccc1CC(C)C. The van der Waals surface area contributed by atoms with E-state index in [4.69, 9.17) is 0 Å². The molecule has 0 fully saturated rings. The molecule has 0 aliphatic rings. The molecule has 0 atom stereocenters. The molecule has 0 heteroatoms. The lowest BCUT2D eigenvalue weighted by Gasteiger charge is -2.12. The van der Waals surface area contributed by atoms with E-state index >= 15 is 0 Å². The molecule has 0 aromatic heterocycles. The maximum absolute atomic E-state index is 2.29. The minimum absolute atomic E-state index is 0.254. The zero-order valence-electron chi connectivity index (χ0n) is 12.2. The average molecular weight is 230 g/mol. The molecule has 1 aromatic carbocycles. The van der Waals surface area contributed by atoms with Gasteiger partial charge in [-0.05, 0) is 41.4 Å². The van der Waals surface area contributed by atoms with Crippen molar-refractivity contribution in [2.75, 3.05) is 0 Å². The summed E-state index contributed by atoms with van der Waals surface area (Å²) >= 11 is 0. The third kappa shape index (κ3) is 5.21. The molecule has 0 amide bonds. The van der Waals surface area contributed by atoms with E-state index in [0.29, 0.717) is 0 Å². The van der Waals surface area contributed by atoms with Crippen LogP contribution in [0.4, 0.5) is 0 Å². The van der Waals surface area contributed by atoms with Gasteiger partial charge in [-0.3, -0.25) is 0 Å². The highest BCUT2D eigenvalue weighted by atomic mass is 14.1. The van der Waals surface area contributed by atoms with E-state index in [9.17, 15) is 0 Å². The van der Waals surface area contributed by atoms with Crippen molar-refractivity contribution < 1.29 is 0 Å². The lowest BCUT2D eigenvalue weighted by Crippen LogP contribution is -1.99. The van der Waals surface area contributed by atoms with Crippen LogP contribution in [0, 0.1) is 18.3 Å². The Morgan fingerprint density at radius 3 is 2.29 bits per heavy atom. The van der Waals surface area contributed by atoms with Gasteiger partial charge in [0.25, 0.3) is 0 Å². The zero-order valence-corrected chi connectivity index (χ0v) is 12.2. The Morgan fingerprint density at radius 1 is 1.18 bits per heavy atom. The van der Waals surface area contributed by atoms with E-state index in [1.165, 1.54) is 23.1 Å². The predicted octanol–water partition coefficient (Wildman–Crippen LogP) is 5.25. The Hall–Kier alpha value is -1.04. The van der Waals surface area contributed by atoms with Crippen LogP contribution in [0.5, 0.6) is 0 Å². The van der Waals surface area contributed by atoms with Crippen molar-refractivity contribution in [1.82, 2.24) is 0 Å². The molecular weight excluding hydrogens is 204 g/mol. The summed E-state index contributed by atoms with van der Waals surface area (Å²) in [5, 5.41) is 0. The largest absolute Gasteiger partial charge is 0.0785 e. The van der Waals surface area contributed by atoms with Gasteiger partial charge < -0.3 is 0 Å². The molecule has 0 heterocycles. The Kier molecular flexibility index (Phi) is 4.56. The van der Waals surface area contributed by atoms with Crippen LogP contribution >= 0.6 is 0 Å². The van der Waals surface area contributed by atoms with E-state index in [1.54, 1.807) is 0 Å². The lowest BCUT2D eigenvalue weighted by molar-refractivity contribution is 0.547. The summed E-state index contributed by atoms with van der Waals surface area (Å²) in [6.07, 6.45) is 5.67. The number of benzene rings is 1. The summed E-state index contributed by atoms with van der Waals surface area (Å²) in [6.45, 7) is 13.4. The monoisotopic (exact) mass is 230 g/mol. The maximum atomic E-state index is 2.29. The highest BCUT2D eigenvalue weighted by Gasteiger charge is 2.05. The molecule has 0 bridgehead atoms. The van der Waals surface area contributed by atoms with Crippen LogP contribution in [0.1, 0.15) is 51.3 Å². The Labute approximate surface area is 107 Å². The van der Waals surface area contributed by atoms with E-state index < -0.39 is 0 Å². The van der Waals surface area contributed by atoms with Gasteiger partial charge in [-0.1, -0.05) is 65.0 Å². The quantitative estimate of drug-likeness (QED) is 0.665. The standard InChI is InChI=1S/C17H26/c1-13(2)11-16-8-7-15(12-14(16)3)9-10-17(4,5)6/h7-10,12-13H,11H2,1-6H3/b10-9+. The van der Waals surface area contributed by atoms with Crippen LogP contribution in [0.15, 0.2) is 24.3 Å². The van der Waals surface area contributed by atoms with E-state index in [0.717, 1.165) is 5.92 Å². The van der Waals surface area contributed by atoms with Gasteiger partial charge in [-0.15, -0.1) is 0 Å². The highest BCUT2D eigenvalue weighted by Crippen LogP contribution is 2.20. The number of hydrogen-bond donors (Lipinski definition) is 0. The van der Waals surface area contributed by atoms with Crippen molar-refractivity contribution in [3.8, 4) is 0 Å². The van der Waals surface area contributed by atoms with Gasteiger partial charge in [0.1, 0.15) is 0 Å². The zero-order chi connectivity index (χ0) is 13.1. The van der Waals surface area contributed by atoms with Crippen LogP contribution in [0.2, 0.25) is 0 Å². The predicted molar refractivity (Wildman–Crippen MR) is 78.2 cm³/mol. The van der Waals surface area contributed by atoms with Gasteiger partial charge in [0.2, 0.25) is 0 Å². The first kappa shape index (κ1) is 14.0. The molecule has 0 nitrogen and oxygen atoms in total. The molecule has 0 saturated heterocycles. The summed E-state index contributed by atoms with van der Waals surface area (Å²) in [6, 6.07) is 6.80. The summed E-state index contributed by atoms with van der Waals surface area (Å²) in [7, 11) is 0. The van der Waals surface area contributed by atoms with Crippen LogP contribution < -0.4 is 0 Å². The Morgan fingerprint density at radius 2 is 1.82 bits per heavy atom. The molecule has 1 aromatic rings. The molecule has 0 radical (unpaired) electrons. The molecule has 0 aliphatic carbocycles. The van der Waals surface area contributed by atoms with E-state index in [1.807, 2.05) is 0 Å². The Bertz CT molecular complexity index is 389. The number of allylic oxidation sites excluding steroid dienone is 1. The van der Waals surface area contributed by atoms with E-state index in [-0.39, 0.29) is 5.41 Å². The fourth-order valence-electron chi connectivity index (χ4n) is 1.84. The van der Waals surface area contributed by atoms with Crippen molar-refractivity contribution in [3.63, 3.8) is 0 Å². The minimum atomic E-state index is 0.254. The van der Waals surface area contributed by atoms with Crippen molar-refractivity contribution >= 4 is 6.08 Å². The summed E-state index contributed by atoms with van der Waals surface area (Å²) < 4.78 is 0. The molecular formula is C17H26. The molecule has 0 spiro atoms. The van der Waals surface area contributed by atoms with Crippen molar-refractivity contribution in [2.45, 2.75) is 48.0 Å². The first-order chi connectivity index (χ1) is 7.78. The first-order valence-corrected chi connectivity index (χ1v) is 6.57. The highest BCUT2D eigenvalue weighted by molar-refractivity contribution is 5.52. The fraction of sp³-hybridized carbons (Fsp3) is 0.529. The minimum Gasteiger partial charge on any atom is -0.0785 e. The summed E-state index contributed by atoms with van der Waals surface area (Å²) in [5.41, 5.74) is 4.46. The van der Waals surface area contributed by atoms with Crippen LogP contribution in [0.25, 0.3) is 6.08 Å². The lowest BCUT2D eigenvalue weighted by atomic mass is 9.93. The second kappa shape index (κ2) is 5.53. The molecule has 0 N–H and O–H groups in total. The third-order valence-corrected chi connectivity index (χ3v) is 2.77. The maximum Gasteiger partial charge on any atom is -0.0200 e. The Balaban J connectivity index is 2.86. The summed E-state index contributed by atoms with van der Waals surface area (Å²) in [5.74, 6) is 0.727. The number of rotatable bonds is 3. The fourth-order valence-corrected chi connectivity index (χ4v) is 1.84. The molecule has 0 aliphatic heterocycles. The molecule has 0 saturated carbocycles. The van der Waals surface area contributed by atoms with Gasteiger partial charge >= 0.3 is 0 Å². The van der Waals surface area contributed by atoms with Gasteiger partial charge in [-0.25, -0.2) is 0 Å². The molecule has 94 valence electrons. The summed E-state index contributed by atoms with van der Waals surface area (Å²) in [4.78, 5) is 0. The van der Waals surface area contributed by atoms with Gasteiger partial charge in [0.05, 0.1) is 0 Å². The number of aryl methyl sites for hydroxylation is 1. The molecule has 1 rings (SSSR count). The van der Waals surface area contributed by atoms with Crippen LogP contribution in [-0.2, 0) is 6.42 Å².